The molecule has 2 unspecified atom stereocenters. The molecule has 3 nitrogen and oxygen atoms in total. The Labute approximate surface area is 186 Å². The Kier molecular flexibility index (Phi) is 6.57. The lowest BCUT2D eigenvalue weighted by Crippen LogP contribution is -3.17. The van der Waals surface area contributed by atoms with Gasteiger partial charge in [0.05, 0.1) is 29.2 Å². The monoisotopic (exact) mass is 450 g/mol. The third kappa shape index (κ3) is 4.52. The van der Waals surface area contributed by atoms with Gasteiger partial charge in [0, 0.05) is 15.7 Å². The van der Waals surface area contributed by atoms with E-state index in [9.17, 15) is 4.79 Å². The molecule has 0 radical (unpaired) electrons. The summed E-state index contributed by atoms with van der Waals surface area (Å²) in [4.78, 5) is 16.0. The van der Waals surface area contributed by atoms with Crippen molar-refractivity contribution >= 4 is 40.9 Å². The molecule has 1 saturated carbocycles. The normalized spacial score (nSPS) is 22.1. The maximum absolute atomic E-state index is 12.8. The molecule has 154 valence electrons. The van der Waals surface area contributed by atoms with Crippen molar-refractivity contribution in [1.82, 2.24) is 0 Å². The molecule has 1 aliphatic carbocycles. The summed E-state index contributed by atoms with van der Waals surface area (Å²) in [6.07, 6.45) is 0.863. The fourth-order valence-corrected chi connectivity index (χ4v) is 5.82. The minimum atomic E-state index is 0.0526. The van der Waals surface area contributed by atoms with Crippen LogP contribution in [0.15, 0.2) is 46.2 Å². The lowest BCUT2D eigenvalue weighted by Gasteiger charge is -2.21. The molecule has 29 heavy (non-hydrogen) atoms. The van der Waals surface area contributed by atoms with Crippen LogP contribution in [0.1, 0.15) is 43.2 Å². The predicted octanol–water partition coefficient (Wildman–Crippen LogP) is 4.81. The van der Waals surface area contributed by atoms with E-state index >= 15 is 0 Å². The van der Waals surface area contributed by atoms with Crippen molar-refractivity contribution in [2.45, 2.75) is 41.9 Å². The molecule has 4 rings (SSSR count). The van der Waals surface area contributed by atoms with Gasteiger partial charge in [-0.25, -0.2) is 4.79 Å². The average Bonchev–Trinajstić information content (AvgIpc) is 3.52. The Hall–Kier alpha value is -1.04. The van der Waals surface area contributed by atoms with Crippen LogP contribution < -0.4 is 4.90 Å². The van der Waals surface area contributed by atoms with Gasteiger partial charge >= 0.3 is 5.91 Å². The van der Waals surface area contributed by atoms with Gasteiger partial charge in [0.15, 0.2) is 0 Å². The number of hydrogen-bond donors (Lipinski definition) is 1. The quantitative estimate of drug-likeness (QED) is 0.708. The largest absolute Gasteiger partial charge is 0.370 e. The molecule has 1 saturated heterocycles. The molecule has 0 spiro atoms. The molecule has 2 atom stereocenters. The Balaban J connectivity index is 1.51. The first kappa shape index (κ1) is 21.2. The van der Waals surface area contributed by atoms with Crippen molar-refractivity contribution in [2.75, 3.05) is 26.3 Å². The Morgan fingerprint density at radius 3 is 2.52 bits per heavy atom. The van der Waals surface area contributed by atoms with Crippen molar-refractivity contribution in [1.29, 1.82) is 0 Å². The molecule has 6 heteroatoms. The maximum atomic E-state index is 12.8. The molecular formula is C23H26Cl2NO2S+. The number of morpholine rings is 1. The van der Waals surface area contributed by atoms with Crippen molar-refractivity contribution in [2.24, 2.45) is 5.92 Å². The standard InChI is InChI=1S/C23H25Cl2NO2S/c1-14(2)15-5-3-4-6-19(15)29-20-8-7-16(21(24)22(20)25)17-13-18(17)23(27)26-9-11-28-12-10-26/h3-8,14,17-18H,9-13H2,1-2H3/p+1. The van der Waals surface area contributed by atoms with Gasteiger partial charge in [-0.1, -0.05) is 73.1 Å². The molecular weight excluding hydrogens is 425 g/mol. The zero-order valence-corrected chi connectivity index (χ0v) is 19.0. The molecule has 1 heterocycles. The number of rotatable bonds is 5. The smallest absolute Gasteiger partial charge is 0.315 e. The molecule has 2 aromatic carbocycles. The first-order valence-electron chi connectivity index (χ1n) is 10.2. The maximum Gasteiger partial charge on any atom is 0.315 e. The van der Waals surface area contributed by atoms with Crippen molar-refractivity contribution in [3.63, 3.8) is 0 Å². The van der Waals surface area contributed by atoms with Crippen molar-refractivity contribution in [3.05, 3.63) is 57.6 Å². The molecule has 1 amide bonds. The number of carbonyl (C=O) groups excluding carboxylic acids is 1. The first-order chi connectivity index (χ1) is 14.0. The highest BCUT2D eigenvalue weighted by molar-refractivity contribution is 7.99. The van der Waals surface area contributed by atoms with E-state index in [1.807, 2.05) is 12.1 Å². The third-order valence-electron chi connectivity index (χ3n) is 5.81. The van der Waals surface area contributed by atoms with E-state index in [0.29, 0.717) is 35.1 Å². The van der Waals surface area contributed by atoms with Crippen molar-refractivity contribution < 1.29 is 14.4 Å². The summed E-state index contributed by atoms with van der Waals surface area (Å²) in [7, 11) is 0. The molecule has 0 bridgehead atoms. The fourth-order valence-electron chi connectivity index (χ4n) is 4.04. The van der Waals surface area contributed by atoms with Crippen LogP contribution in [0.5, 0.6) is 0 Å². The van der Waals surface area contributed by atoms with Crippen LogP contribution in [-0.4, -0.2) is 32.2 Å². The highest BCUT2D eigenvalue weighted by Crippen LogP contribution is 2.52. The second-order valence-electron chi connectivity index (χ2n) is 8.10. The Morgan fingerprint density at radius 2 is 1.79 bits per heavy atom. The van der Waals surface area contributed by atoms with Gasteiger partial charge in [-0.3, -0.25) is 4.90 Å². The van der Waals surface area contributed by atoms with E-state index in [2.05, 4.69) is 38.1 Å². The molecule has 1 aliphatic heterocycles. The van der Waals surface area contributed by atoms with Gasteiger partial charge in [-0.2, -0.15) is 0 Å². The summed E-state index contributed by atoms with van der Waals surface area (Å²) in [5.41, 5.74) is 2.30. The average molecular weight is 451 g/mol. The van der Waals surface area contributed by atoms with Crippen LogP contribution in [0, 0.1) is 5.92 Å². The van der Waals surface area contributed by atoms with Gasteiger partial charge in [0.1, 0.15) is 13.1 Å². The van der Waals surface area contributed by atoms with E-state index in [1.54, 1.807) is 11.8 Å². The second kappa shape index (κ2) is 8.99. The number of quaternary nitrogens is 1. The van der Waals surface area contributed by atoms with Crippen LogP contribution in [-0.2, 0) is 9.53 Å². The van der Waals surface area contributed by atoms with E-state index in [-0.39, 0.29) is 11.8 Å². The Morgan fingerprint density at radius 1 is 1.07 bits per heavy atom. The number of benzene rings is 2. The van der Waals surface area contributed by atoms with E-state index in [0.717, 1.165) is 34.9 Å². The number of carbonyl (C=O) groups is 1. The molecule has 2 aromatic rings. The SMILES string of the molecule is CC(C)c1ccccc1Sc1ccc(C2CC2C(=O)[NH+]2CCOCC2)c(Cl)c1Cl. The van der Waals surface area contributed by atoms with Gasteiger partial charge in [0.25, 0.3) is 0 Å². The fraction of sp³-hybridized carbons (Fsp3) is 0.435. The van der Waals surface area contributed by atoms with Crippen LogP contribution >= 0.6 is 35.0 Å². The predicted molar refractivity (Wildman–Crippen MR) is 118 cm³/mol. The van der Waals surface area contributed by atoms with Gasteiger partial charge < -0.3 is 4.74 Å². The number of ether oxygens (including phenoxy) is 1. The molecule has 2 fully saturated rings. The van der Waals surface area contributed by atoms with Crippen LogP contribution in [0.25, 0.3) is 0 Å². The van der Waals surface area contributed by atoms with E-state index in [1.165, 1.54) is 10.5 Å². The summed E-state index contributed by atoms with van der Waals surface area (Å²) >= 11 is 15.0. The Bertz CT molecular complexity index is 912. The minimum absolute atomic E-state index is 0.0526. The molecule has 0 aromatic heterocycles. The second-order valence-corrected chi connectivity index (χ2v) is 9.94. The summed E-state index contributed by atoms with van der Waals surface area (Å²) < 4.78 is 5.37. The number of amides is 1. The molecule has 1 N–H and O–H groups in total. The number of halogens is 2. The first-order valence-corrected chi connectivity index (χ1v) is 11.8. The summed E-state index contributed by atoms with van der Waals surface area (Å²) in [5, 5.41) is 1.18. The van der Waals surface area contributed by atoms with Crippen LogP contribution in [0.2, 0.25) is 10.0 Å². The van der Waals surface area contributed by atoms with Crippen LogP contribution in [0.3, 0.4) is 0 Å². The zero-order valence-electron chi connectivity index (χ0n) is 16.7. The van der Waals surface area contributed by atoms with E-state index < -0.39 is 0 Å². The topological polar surface area (TPSA) is 30.7 Å². The molecule has 2 aliphatic rings. The summed E-state index contributed by atoms with van der Waals surface area (Å²) in [6.45, 7) is 7.24. The van der Waals surface area contributed by atoms with Gasteiger partial charge in [-0.05, 0) is 35.6 Å². The lowest BCUT2D eigenvalue weighted by atomic mass is 10.0. The highest BCUT2D eigenvalue weighted by Gasteiger charge is 2.50. The van der Waals surface area contributed by atoms with Gasteiger partial charge in [0.2, 0.25) is 0 Å². The lowest BCUT2D eigenvalue weighted by molar-refractivity contribution is -0.831. The number of hydrogen-bond acceptors (Lipinski definition) is 3. The van der Waals surface area contributed by atoms with E-state index in [4.69, 9.17) is 27.9 Å². The highest BCUT2D eigenvalue weighted by atomic mass is 35.5. The zero-order chi connectivity index (χ0) is 20.5. The minimum Gasteiger partial charge on any atom is -0.370 e. The third-order valence-corrected chi connectivity index (χ3v) is 7.97. The van der Waals surface area contributed by atoms with Crippen LogP contribution in [0.4, 0.5) is 0 Å². The number of nitrogens with one attached hydrogen (secondary N) is 1. The van der Waals surface area contributed by atoms with Gasteiger partial charge in [-0.15, -0.1) is 0 Å². The summed E-state index contributed by atoms with van der Waals surface area (Å²) in [6, 6.07) is 12.5. The van der Waals surface area contributed by atoms with Crippen molar-refractivity contribution in [3.8, 4) is 0 Å². The summed E-state index contributed by atoms with van der Waals surface area (Å²) in [5.74, 6) is 0.977.